The standard InChI is InChI=1S/C11H15ClN4S/c1-7-11(12)10(16(3)15-7)4-8(13-2)9-5-17-6-14-9/h5-6,8,13H,4H2,1-3H3. The van der Waals surface area contributed by atoms with Crippen molar-refractivity contribution in [2.24, 2.45) is 7.05 Å². The first-order valence-corrected chi connectivity index (χ1v) is 6.69. The van der Waals surface area contributed by atoms with Gasteiger partial charge in [-0.3, -0.25) is 4.68 Å². The van der Waals surface area contributed by atoms with E-state index in [1.54, 1.807) is 11.3 Å². The molecular weight excluding hydrogens is 256 g/mol. The average molecular weight is 271 g/mol. The van der Waals surface area contributed by atoms with Crippen LogP contribution in [0.3, 0.4) is 0 Å². The maximum atomic E-state index is 6.25. The number of hydrogen-bond donors (Lipinski definition) is 1. The molecule has 1 unspecified atom stereocenters. The fourth-order valence-electron chi connectivity index (χ4n) is 1.84. The van der Waals surface area contributed by atoms with Crippen LogP contribution in [0, 0.1) is 6.92 Å². The van der Waals surface area contributed by atoms with Crippen LogP contribution in [-0.4, -0.2) is 21.8 Å². The van der Waals surface area contributed by atoms with E-state index < -0.39 is 0 Å². The minimum Gasteiger partial charge on any atom is -0.311 e. The van der Waals surface area contributed by atoms with Gasteiger partial charge in [0.05, 0.1) is 33.7 Å². The van der Waals surface area contributed by atoms with Gasteiger partial charge < -0.3 is 5.32 Å². The molecule has 1 N–H and O–H groups in total. The fraction of sp³-hybridized carbons (Fsp3) is 0.455. The van der Waals surface area contributed by atoms with E-state index in [1.807, 2.05) is 31.2 Å². The lowest BCUT2D eigenvalue weighted by Gasteiger charge is -2.14. The second kappa shape index (κ2) is 5.16. The van der Waals surface area contributed by atoms with Crippen LogP contribution in [0.2, 0.25) is 5.02 Å². The Balaban J connectivity index is 2.24. The first-order valence-electron chi connectivity index (χ1n) is 5.36. The quantitative estimate of drug-likeness (QED) is 0.927. The molecule has 1 atom stereocenters. The highest BCUT2D eigenvalue weighted by molar-refractivity contribution is 7.07. The van der Waals surface area contributed by atoms with Crippen molar-refractivity contribution < 1.29 is 0 Å². The lowest BCUT2D eigenvalue weighted by molar-refractivity contribution is 0.551. The number of aromatic nitrogens is 3. The SMILES string of the molecule is CNC(Cc1c(Cl)c(C)nn1C)c1cscn1. The average Bonchev–Trinajstić information content (AvgIpc) is 2.89. The molecule has 0 aliphatic heterocycles. The van der Waals surface area contributed by atoms with Crippen LogP contribution in [0.5, 0.6) is 0 Å². The molecule has 0 bridgehead atoms. The van der Waals surface area contributed by atoms with Crippen LogP contribution in [0.1, 0.15) is 23.1 Å². The Kier molecular flexibility index (Phi) is 3.81. The Morgan fingerprint density at radius 2 is 2.35 bits per heavy atom. The zero-order valence-corrected chi connectivity index (χ0v) is 11.6. The number of hydrogen-bond acceptors (Lipinski definition) is 4. The molecule has 2 heterocycles. The minimum atomic E-state index is 0.175. The molecule has 2 aromatic heterocycles. The van der Waals surface area contributed by atoms with Crippen molar-refractivity contribution in [3.63, 3.8) is 0 Å². The second-order valence-corrected chi connectivity index (χ2v) is 5.03. The highest BCUT2D eigenvalue weighted by Crippen LogP contribution is 2.25. The molecule has 0 saturated carbocycles. The molecule has 2 rings (SSSR count). The van der Waals surface area contributed by atoms with E-state index in [0.717, 1.165) is 28.5 Å². The van der Waals surface area contributed by atoms with E-state index in [1.165, 1.54) is 0 Å². The van der Waals surface area contributed by atoms with Crippen LogP contribution in [0.25, 0.3) is 0 Å². The van der Waals surface area contributed by atoms with Gasteiger partial charge >= 0.3 is 0 Å². The van der Waals surface area contributed by atoms with E-state index in [0.29, 0.717) is 0 Å². The third-order valence-corrected chi connectivity index (χ3v) is 3.91. The number of rotatable bonds is 4. The highest BCUT2D eigenvalue weighted by Gasteiger charge is 2.18. The molecule has 0 aliphatic rings. The molecule has 92 valence electrons. The summed E-state index contributed by atoms with van der Waals surface area (Å²) in [6, 6.07) is 0.175. The van der Waals surface area contributed by atoms with Crippen molar-refractivity contribution in [3.05, 3.63) is 33.0 Å². The summed E-state index contributed by atoms with van der Waals surface area (Å²) in [5, 5.41) is 10.4. The van der Waals surface area contributed by atoms with Gasteiger partial charge in [0.1, 0.15) is 0 Å². The van der Waals surface area contributed by atoms with E-state index in [9.17, 15) is 0 Å². The lowest BCUT2D eigenvalue weighted by atomic mass is 10.1. The maximum absolute atomic E-state index is 6.25. The van der Waals surface area contributed by atoms with Crippen LogP contribution in [0.15, 0.2) is 10.9 Å². The molecule has 6 heteroatoms. The van der Waals surface area contributed by atoms with Crippen LogP contribution < -0.4 is 5.32 Å². The lowest BCUT2D eigenvalue weighted by Crippen LogP contribution is -2.20. The molecule has 2 aromatic rings. The van der Waals surface area contributed by atoms with E-state index in [2.05, 4.69) is 20.8 Å². The summed E-state index contributed by atoms with van der Waals surface area (Å²) in [7, 11) is 3.85. The van der Waals surface area contributed by atoms with Gasteiger partial charge in [-0.05, 0) is 14.0 Å². The summed E-state index contributed by atoms with van der Waals surface area (Å²) < 4.78 is 1.84. The van der Waals surface area contributed by atoms with E-state index in [-0.39, 0.29) is 6.04 Å². The normalized spacial score (nSPS) is 12.9. The van der Waals surface area contributed by atoms with Crippen LogP contribution in [-0.2, 0) is 13.5 Å². The Morgan fingerprint density at radius 1 is 1.59 bits per heavy atom. The van der Waals surface area contributed by atoms with Crippen molar-refractivity contribution >= 4 is 22.9 Å². The first-order chi connectivity index (χ1) is 8.13. The molecule has 0 spiro atoms. The zero-order valence-electron chi connectivity index (χ0n) is 10.1. The molecular formula is C11H15ClN4S. The summed E-state index contributed by atoms with van der Waals surface area (Å²) in [4.78, 5) is 4.33. The van der Waals surface area contributed by atoms with Crippen LogP contribution >= 0.6 is 22.9 Å². The number of aryl methyl sites for hydroxylation is 2. The summed E-state index contributed by atoms with van der Waals surface area (Å²) in [6.45, 7) is 1.92. The fourth-order valence-corrected chi connectivity index (χ4v) is 2.69. The molecule has 0 fully saturated rings. The molecule has 0 saturated heterocycles. The Bertz CT molecular complexity index is 492. The van der Waals surface area contributed by atoms with Crippen molar-refractivity contribution in [3.8, 4) is 0 Å². The van der Waals surface area contributed by atoms with Gasteiger partial charge in [0.2, 0.25) is 0 Å². The van der Waals surface area contributed by atoms with Gasteiger partial charge in [-0.2, -0.15) is 5.10 Å². The van der Waals surface area contributed by atoms with Gasteiger partial charge in [0, 0.05) is 18.8 Å². The van der Waals surface area contributed by atoms with Gasteiger partial charge in [-0.1, -0.05) is 11.6 Å². The van der Waals surface area contributed by atoms with Gasteiger partial charge in [-0.25, -0.2) is 4.98 Å². The predicted molar refractivity (Wildman–Crippen MR) is 70.6 cm³/mol. The van der Waals surface area contributed by atoms with E-state index in [4.69, 9.17) is 11.6 Å². The zero-order chi connectivity index (χ0) is 12.4. The smallest absolute Gasteiger partial charge is 0.0847 e. The van der Waals surface area contributed by atoms with Gasteiger partial charge in [-0.15, -0.1) is 11.3 Å². The molecule has 0 aromatic carbocycles. The van der Waals surface area contributed by atoms with Crippen molar-refractivity contribution in [2.45, 2.75) is 19.4 Å². The monoisotopic (exact) mass is 270 g/mol. The van der Waals surface area contributed by atoms with Gasteiger partial charge in [0.25, 0.3) is 0 Å². The van der Waals surface area contributed by atoms with Crippen LogP contribution in [0.4, 0.5) is 0 Å². The highest BCUT2D eigenvalue weighted by atomic mass is 35.5. The van der Waals surface area contributed by atoms with Crippen molar-refractivity contribution in [2.75, 3.05) is 7.05 Å². The summed E-state index contributed by atoms with van der Waals surface area (Å²) in [5.74, 6) is 0. The molecule has 0 amide bonds. The molecule has 0 radical (unpaired) electrons. The number of nitrogens with zero attached hydrogens (tertiary/aromatic N) is 3. The Hall–Kier alpha value is -0.910. The summed E-state index contributed by atoms with van der Waals surface area (Å²) in [6.07, 6.45) is 0.788. The number of likely N-dealkylation sites (N-methyl/N-ethyl adjacent to an activating group) is 1. The molecule has 4 nitrogen and oxygen atoms in total. The Morgan fingerprint density at radius 3 is 2.82 bits per heavy atom. The van der Waals surface area contributed by atoms with Crippen molar-refractivity contribution in [1.29, 1.82) is 0 Å². The first kappa shape index (κ1) is 12.5. The van der Waals surface area contributed by atoms with Gasteiger partial charge in [0.15, 0.2) is 0 Å². The predicted octanol–water partition coefficient (Wildman–Crippen LogP) is 2.34. The van der Waals surface area contributed by atoms with Crippen molar-refractivity contribution in [1.82, 2.24) is 20.1 Å². The number of nitrogens with one attached hydrogen (secondary N) is 1. The Labute approximate surface area is 110 Å². The minimum absolute atomic E-state index is 0.175. The molecule has 17 heavy (non-hydrogen) atoms. The van der Waals surface area contributed by atoms with E-state index >= 15 is 0 Å². The maximum Gasteiger partial charge on any atom is 0.0847 e. The summed E-state index contributed by atoms with van der Waals surface area (Å²) >= 11 is 7.85. The number of thiazole rings is 1. The third-order valence-electron chi connectivity index (χ3n) is 2.82. The third kappa shape index (κ3) is 2.51. The second-order valence-electron chi connectivity index (χ2n) is 3.93. The molecule has 0 aliphatic carbocycles. The summed E-state index contributed by atoms with van der Waals surface area (Å²) in [5.41, 5.74) is 4.80. The topological polar surface area (TPSA) is 42.7 Å². The largest absolute Gasteiger partial charge is 0.311 e. The number of halogens is 1.